The first-order valence-electron chi connectivity index (χ1n) is 6.74. The smallest absolute Gasteiger partial charge is 0.323 e. The Hall–Kier alpha value is -1.83. The van der Waals surface area contributed by atoms with Gasteiger partial charge in [0.05, 0.1) is 6.04 Å². The Morgan fingerprint density at radius 3 is 3.10 bits per heavy atom. The van der Waals surface area contributed by atoms with E-state index in [1.54, 1.807) is 11.1 Å². The highest BCUT2D eigenvalue weighted by molar-refractivity contribution is 7.13. The summed E-state index contributed by atoms with van der Waals surface area (Å²) in [5.41, 5.74) is 0. The Balaban J connectivity index is 1.60. The van der Waals surface area contributed by atoms with Gasteiger partial charge in [-0.05, 0) is 12.8 Å². The van der Waals surface area contributed by atoms with E-state index in [1.165, 1.54) is 11.3 Å². The lowest BCUT2D eigenvalue weighted by Crippen LogP contribution is -2.51. The van der Waals surface area contributed by atoms with Crippen LogP contribution in [-0.4, -0.2) is 59.1 Å². The number of aromatic nitrogens is 1. The fourth-order valence-corrected chi connectivity index (χ4v) is 3.20. The van der Waals surface area contributed by atoms with Crippen LogP contribution in [0.3, 0.4) is 0 Å². The Labute approximate surface area is 121 Å². The largest absolute Gasteiger partial charge is 0.336 e. The molecular formula is C12H17N5O2S. The molecule has 2 saturated heterocycles. The molecule has 20 heavy (non-hydrogen) atoms. The van der Waals surface area contributed by atoms with Gasteiger partial charge in [0.1, 0.15) is 0 Å². The fraction of sp³-hybridized carbons (Fsp3) is 0.583. The molecule has 0 unspecified atom stereocenters. The van der Waals surface area contributed by atoms with Crippen LogP contribution in [0.1, 0.15) is 12.8 Å². The number of carbonyl (C=O) groups is 2. The maximum Gasteiger partial charge on any atom is 0.323 e. The number of hydrogen-bond acceptors (Lipinski definition) is 4. The minimum absolute atomic E-state index is 0.0165. The third-order valence-corrected chi connectivity index (χ3v) is 4.35. The normalized spacial score (nSPS) is 22.8. The zero-order valence-corrected chi connectivity index (χ0v) is 11.9. The predicted molar refractivity (Wildman–Crippen MR) is 75.8 cm³/mol. The monoisotopic (exact) mass is 295 g/mol. The van der Waals surface area contributed by atoms with Crippen molar-refractivity contribution in [2.45, 2.75) is 18.9 Å². The van der Waals surface area contributed by atoms with E-state index in [0.29, 0.717) is 18.2 Å². The molecule has 1 aromatic heterocycles. The molecule has 7 nitrogen and oxygen atoms in total. The highest BCUT2D eigenvalue weighted by Crippen LogP contribution is 2.19. The first-order valence-corrected chi connectivity index (χ1v) is 7.62. The zero-order chi connectivity index (χ0) is 13.9. The van der Waals surface area contributed by atoms with Crippen LogP contribution < -0.4 is 10.6 Å². The van der Waals surface area contributed by atoms with Gasteiger partial charge in [-0.15, -0.1) is 11.3 Å². The van der Waals surface area contributed by atoms with Gasteiger partial charge in [-0.3, -0.25) is 5.32 Å². The predicted octanol–water partition coefficient (Wildman–Crippen LogP) is 1.16. The van der Waals surface area contributed by atoms with Crippen LogP contribution in [0.25, 0.3) is 0 Å². The Bertz CT molecular complexity index is 492. The Morgan fingerprint density at radius 2 is 2.40 bits per heavy atom. The maximum atomic E-state index is 12.2. The van der Waals surface area contributed by atoms with Gasteiger partial charge in [-0.1, -0.05) is 0 Å². The first-order chi connectivity index (χ1) is 9.74. The number of anilines is 1. The number of rotatable bonds is 2. The highest BCUT2D eigenvalue weighted by Gasteiger charge is 2.32. The number of urea groups is 2. The van der Waals surface area contributed by atoms with Crippen LogP contribution in [0.2, 0.25) is 0 Å². The summed E-state index contributed by atoms with van der Waals surface area (Å²) in [6.07, 6.45) is 3.53. The summed E-state index contributed by atoms with van der Waals surface area (Å²) in [4.78, 5) is 31.5. The van der Waals surface area contributed by atoms with Gasteiger partial charge in [0.2, 0.25) is 0 Å². The molecule has 2 aliphatic heterocycles. The topological polar surface area (TPSA) is 77.6 Å². The summed E-state index contributed by atoms with van der Waals surface area (Å²) in [5.74, 6) is 0. The quantitative estimate of drug-likeness (QED) is 0.859. The second-order valence-electron chi connectivity index (χ2n) is 4.93. The van der Waals surface area contributed by atoms with Crippen LogP contribution in [0, 0.1) is 0 Å². The van der Waals surface area contributed by atoms with E-state index in [2.05, 4.69) is 15.6 Å². The fourth-order valence-electron chi connectivity index (χ4n) is 2.68. The van der Waals surface area contributed by atoms with E-state index < -0.39 is 0 Å². The molecule has 1 atom stereocenters. The molecule has 0 spiro atoms. The van der Waals surface area contributed by atoms with Gasteiger partial charge in [0.25, 0.3) is 0 Å². The molecule has 0 radical (unpaired) electrons. The number of amides is 4. The zero-order valence-electron chi connectivity index (χ0n) is 11.0. The lowest BCUT2D eigenvalue weighted by atomic mass is 10.0. The van der Waals surface area contributed by atoms with E-state index in [9.17, 15) is 9.59 Å². The van der Waals surface area contributed by atoms with Crippen LogP contribution >= 0.6 is 11.3 Å². The first kappa shape index (κ1) is 13.2. The van der Waals surface area contributed by atoms with Crippen molar-refractivity contribution in [2.75, 3.05) is 31.5 Å². The summed E-state index contributed by atoms with van der Waals surface area (Å²) in [7, 11) is 0. The lowest BCUT2D eigenvalue weighted by Gasteiger charge is -2.36. The second kappa shape index (κ2) is 5.66. The van der Waals surface area contributed by atoms with Crippen molar-refractivity contribution >= 4 is 28.5 Å². The molecule has 2 aliphatic rings. The average Bonchev–Trinajstić information content (AvgIpc) is 3.10. The summed E-state index contributed by atoms with van der Waals surface area (Å²) in [5, 5.41) is 8.03. The molecule has 0 aromatic carbocycles. The number of piperidine rings is 1. The molecule has 3 heterocycles. The second-order valence-corrected chi connectivity index (χ2v) is 5.83. The van der Waals surface area contributed by atoms with Crippen molar-refractivity contribution in [3.8, 4) is 0 Å². The molecule has 4 amide bonds. The number of likely N-dealkylation sites (tertiary alicyclic amines) is 1. The third kappa shape index (κ3) is 2.69. The molecule has 108 valence electrons. The Kier molecular flexibility index (Phi) is 3.72. The molecular weight excluding hydrogens is 278 g/mol. The van der Waals surface area contributed by atoms with Gasteiger partial charge < -0.3 is 15.1 Å². The van der Waals surface area contributed by atoms with Gasteiger partial charge in [-0.25, -0.2) is 14.6 Å². The molecule has 3 rings (SSSR count). The number of carbonyl (C=O) groups excluding carboxylic acids is 2. The maximum absolute atomic E-state index is 12.2. The van der Waals surface area contributed by atoms with E-state index in [0.717, 1.165) is 25.9 Å². The molecule has 2 N–H and O–H groups in total. The summed E-state index contributed by atoms with van der Waals surface area (Å²) in [6, 6.07) is -0.0327. The lowest BCUT2D eigenvalue weighted by molar-refractivity contribution is 0.139. The van der Waals surface area contributed by atoms with E-state index in [-0.39, 0.29) is 18.1 Å². The Morgan fingerprint density at radius 1 is 1.50 bits per heavy atom. The number of nitrogens with zero attached hydrogens (tertiary/aromatic N) is 3. The van der Waals surface area contributed by atoms with Crippen LogP contribution in [0.4, 0.5) is 14.7 Å². The van der Waals surface area contributed by atoms with Gasteiger partial charge in [-0.2, -0.15) is 0 Å². The van der Waals surface area contributed by atoms with E-state index >= 15 is 0 Å². The average molecular weight is 295 g/mol. The molecule has 0 aliphatic carbocycles. The van der Waals surface area contributed by atoms with Gasteiger partial charge >= 0.3 is 12.1 Å². The highest BCUT2D eigenvalue weighted by atomic mass is 32.1. The minimum atomic E-state index is -0.135. The molecule has 8 heteroatoms. The molecule has 0 bridgehead atoms. The molecule has 2 fully saturated rings. The third-order valence-electron chi connectivity index (χ3n) is 3.66. The summed E-state index contributed by atoms with van der Waals surface area (Å²) < 4.78 is 0. The van der Waals surface area contributed by atoms with Gasteiger partial charge in [0, 0.05) is 37.8 Å². The molecule has 1 aromatic rings. The standard InChI is InChI=1S/C12H17N5O2S/c18-11-14-3-6-17(11)9-2-1-5-16(8-9)12(19)15-10-13-4-7-20-10/h4,7,9H,1-3,5-6,8H2,(H,14,18)(H,13,15,19)/t9-/m1/s1. The van der Waals surface area contributed by atoms with Crippen LogP contribution in [0.5, 0.6) is 0 Å². The number of hydrogen-bond donors (Lipinski definition) is 2. The summed E-state index contributed by atoms with van der Waals surface area (Å²) in [6.45, 7) is 2.74. The minimum Gasteiger partial charge on any atom is -0.336 e. The van der Waals surface area contributed by atoms with Gasteiger partial charge in [0.15, 0.2) is 5.13 Å². The van der Waals surface area contributed by atoms with Crippen molar-refractivity contribution in [1.82, 2.24) is 20.1 Å². The summed E-state index contributed by atoms with van der Waals surface area (Å²) >= 11 is 1.40. The van der Waals surface area contributed by atoms with Crippen molar-refractivity contribution < 1.29 is 9.59 Å². The van der Waals surface area contributed by atoms with E-state index in [1.807, 2.05) is 10.3 Å². The van der Waals surface area contributed by atoms with Crippen LogP contribution in [-0.2, 0) is 0 Å². The van der Waals surface area contributed by atoms with Crippen molar-refractivity contribution in [1.29, 1.82) is 0 Å². The number of thiazole rings is 1. The van der Waals surface area contributed by atoms with Crippen LogP contribution in [0.15, 0.2) is 11.6 Å². The SMILES string of the molecule is O=C(Nc1nccs1)N1CCC[C@@H](N2CCNC2=O)C1. The number of nitrogens with one attached hydrogen (secondary N) is 2. The van der Waals surface area contributed by atoms with Crippen molar-refractivity contribution in [3.05, 3.63) is 11.6 Å². The molecule has 0 saturated carbocycles. The van der Waals surface area contributed by atoms with Crippen molar-refractivity contribution in [3.63, 3.8) is 0 Å². The van der Waals surface area contributed by atoms with Crippen molar-refractivity contribution in [2.24, 2.45) is 0 Å². The van der Waals surface area contributed by atoms with E-state index in [4.69, 9.17) is 0 Å².